The Morgan fingerprint density at radius 3 is 2.00 bits per heavy atom. The second kappa shape index (κ2) is 3.97. The third-order valence-corrected chi connectivity index (χ3v) is 2.68. The number of rotatable bonds is 4. The van der Waals surface area contributed by atoms with Gasteiger partial charge in [-0.15, -0.1) is 0 Å². The van der Waals surface area contributed by atoms with Crippen LogP contribution >= 0.6 is 0 Å². The molecule has 0 radical (unpaired) electrons. The van der Waals surface area contributed by atoms with Gasteiger partial charge in [0.1, 0.15) is 0 Å². The molecule has 62 valence electrons. The monoisotopic (exact) mass is 144 g/mol. The molecule has 0 aromatic rings. The molecule has 0 aromatic carbocycles. The van der Waals surface area contributed by atoms with E-state index in [1.54, 1.807) is 7.11 Å². The number of hydrogen-bond donors (Lipinski definition) is 0. The van der Waals surface area contributed by atoms with Gasteiger partial charge in [0.25, 0.3) is 0 Å². The molecule has 1 heteroatoms. The van der Waals surface area contributed by atoms with E-state index in [9.17, 15) is 0 Å². The predicted octanol–water partition coefficient (Wildman–Crippen LogP) is 2.71. The minimum absolute atomic E-state index is 0.370. The molecule has 10 heavy (non-hydrogen) atoms. The standard InChI is InChI=1S/C9H20O/c1-6-9(4,7-10-5)8(2)3/h8H,6-7H2,1-5H3. The predicted molar refractivity (Wildman–Crippen MR) is 45.1 cm³/mol. The molecule has 0 aliphatic rings. The first-order chi connectivity index (χ1) is 4.56. The lowest BCUT2D eigenvalue weighted by molar-refractivity contribution is 0.0542. The van der Waals surface area contributed by atoms with E-state index in [0.717, 1.165) is 6.61 Å². The third kappa shape index (κ3) is 2.30. The molecule has 0 aromatic heterocycles. The molecule has 1 unspecified atom stereocenters. The average Bonchev–Trinajstić information content (AvgIpc) is 1.88. The van der Waals surface area contributed by atoms with Gasteiger partial charge >= 0.3 is 0 Å². The summed E-state index contributed by atoms with van der Waals surface area (Å²) in [6.45, 7) is 9.88. The largest absolute Gasteiger partial charge is 0.384 e. The van der Waals surface area contributed by atoms with Crippen LogP contribution in [0.4, 0.5) is 0 Å². The van der Waals surface area contributed by atoms with Gasteiger partial charge in [-0.05, 0) is 17.8 Å². The van der Waals surface area contributed by atoms with Crippen molar-refractivity contribution >= 4 is 0 Å². The molecule has 0 heterocycles. The Morgan fingerprint density at radius 2 is 1.90 bits per heavy atom. The zero-order valence-electron chi connectivity index (χ0n) is 7.90. The Labute approximate surface area is 64.8 Å². The van der Waals surface area contributed by atoms with Crippen molar-refractivity contribution in [2.45, 2.75) is 34.1 Å². The SMILES string of the molecule is CCC(C)(COC)C(C)C. The summed E-state index contributed by atoms with van der Waals surface area (Å²) in [5.41, 5.74) is 0.370. The lowest BCUT2D eigenvalue weighted by Crippen LogP contribution is -2.27. The van der Waals surface area contributed by atoms with Crippen LogP contribution < -0.4 is 0 Å². The summed E-state index contributed by atoms with van der Waals surface area (Å²) in [4.78, 5) is 0. The van der Waals surface area contributed by atoms with Gasteiger partial charge in [0, 0.05) is 7.11 Å². The van der Waals surface area contributed by atoms with Crippen LogP contribution in [-0.4, -0.2) is 13.7 Å². The highest BCUT2D eigenvalue weighted by Crippen LogP contribution is 2.30. The second-order valence-electron chi connectivity index (χ2n) is 3.60. The van der Waals surface area contributed by atoms with E-state index < -0.39 is 0 Å². The Morgan fingerprint density at radius 1 is 1.40 bits per heavy atom. The van der Waals surface area contributed by atoms with Gasteiger partial charge in [-0.3, -0.25) is 0 Å². The maximum Gasteiger partial charge on any atom is 0.0518 e. The molecule has 0 N–H and O–H groups in total. The van der Waals surface area contributed by atoms with Crippen LogP contribution in [0, 0.1) is 11.3 Å². The van der Waals surface area contributed by atoms with Gasteiger partial charge < -0.3 is 4.74 Å². The van der Waals surface area contributed by atoms with Crippen molar-refractivity contribution in [2.75, 3.05) is 13.7 Å². The highest BCUT2D eigenvalue weighted by Gasteiger charge is 2.25. The van der Waals surface area contributed by atoms with Crippen LogP contribution in [0.25, 0.3) is 0 Å². The van der Waals surface area contributed by atoms with Crippen molar-refractivity contribution in [1.29, 1.82) is 0 Å². The van der Waals surface area contributed by atoms with Crippen LogP contribution in [-0.2, 0) is 4.74 Å². The maximum atomic E-state index is 5.16. The molecule has 0 aliphatic carbocycles. The van der Waals surface area contributed by atoms with Crippen LogP contribution in [0.3, 0.4) is 0 Å². The first-order valence-electron chi connectivity index (χ1n) is 4.05. The van der Waals surface area contributed by atoms with Gasteiger partial charge in [-0.1, -0.05) is 27.7 Å². The third-order valence-electron chi connectivity index (χ3n) is 2.68. The Hall–Kier alpha value is -0.0400. The second-order valence-corrected chi connectivity index (χ2v) is 3.60. The first kappa shape index (κ1) is 9.96. The van der Waals surface area contributed by atoms with E-state index in [1.165, 1.54) is 6.42 Å². The van der Waals surface area contributed by atoms with Crippen molar-refractivity contribution in [1.82, 2.24) is 0 Å². The summed E-state index contributed by atoms with van der Waals surface area (Å²) < 4.78 is 5.16. The van der Waals surface area contributed by atoms with E-state index in [4.69, 9.17) is 4.74 Å². The fraction of sp³-hybridized carbons (Fsp3) is 1.00. The minimum Gasteiger partial charge on any atom is -0.384 e. The van der Waals surface area contributed by atoms with Crippen molar-refractivity contribution in [3.63, 3.8) is 0 Å². The topological polar surface area (TPSA) is 9.23 Å². The summed E-state index contributed by atoms with van der Waals surface area (Å²) in [5.74, 6) is 0.706. The summed E-state index contributed by atoms with van der Waals surface area (Å²) in [6, 6.07) is 0. The number of ether oxygens (including phenoxy) is 1. The fourth-order valence-corrected chi connectivity index (χ4v) is 1.01. The number of hydrogen-bond acceptors (Lipinski definition) is 1. The van der Waals surface area contributed by atoms with Gasteiger partial charge in [-0.25, -0.2) is 0 Å². The van der Waals surface area contributed by atoms with Gasteiger partial charge in [0.15, 0.2) is 0 Å². The lowest BCUT2D eigenvalue weighted by atomic mass is 9.78. The average molecular weight is 144 g/mol. The van der Waals surface area contributed by atoms with Gasteiger partial charge in [0.2, 0.25) is 0 Å². The van der Waals surface area contributed by atoms with E-state index in [0.29, 0.717) is 11.3 Å². The van der Waals surface area contributed by atoms with Crippen molar-refractivity contribution in [3.8, 4) is 0 Å². The van der Waals surface area contributed by atoms with Crippen LogP contribution in [0.1, 0.15) is 34.1 Å². The van der Waals surface area contributed by atoms with Crippen LogP contribution in [0.5, 0.6) is 0 Å². The van der Waals surface area contributed by atoms with E-state index in [1.807, 2.05) is 0 Å². The molecule has 0 aliphatic heterocycles. The maximum absolute atomic E-state index is 5.16. The zero-order valence-corrected chi connectivity index (χ0v) is 7.90. The summed E-state index contributed by atoms with van der Waals surface area (Å²) in [7, 11) is 1.77. The van der Waals surface area contributed by atoms with Crippen LogP contribution in [0.2, 0.25) is 0 Å². The Balaban J connectivity index is 3.94. The van der Waals surface area contributed by atoms with Crippen LogP contribution in [0.15, 0.2) is 0 Å². The van der Waals surface area contributed by atoms with Crippen molar-refractivity contribution < 1.29 is 4.74 Å². The minimum atomic E-state index is 0.370. The van der Waals surface area contributed by atoms with Crippen molar-refractivity contribution in [3.05, 3.63) is 0 Å². The lowest BCUT2D eigenvalue weighted by Gasteiger charge is -2.31. The molecule has 0 bridgehead atoms. The van der Waals surface area contributed by atoms with E-state index in [2.05, 4.69) is 27.7 Å². The highest BCUT2D eigenvalue weighted by atomic mass is 16.5. The number of methoxy groups -OCH3 is 1. The molecule has 0 amide bonds. The molecule has 0 fully saturated rings. The van der Waals surface area contributed by atoms with Gasteiger partial charge in [0.05, 0.1) is 6.61 Å². The molecular formula is C9H20O. The summed E-state index contributed by atoms with van der Waals surface area (Å²) in [5, 5.41) is 0. The zero-order chi connectivity index (χ0) is 8.20. The molecular weight excluding hydrogens is 124 g/mol. The normalized spacial score (nSPS) is 17.4. The molecule has 1 atom stereocenters. The Bertz CT molecular complexity index is 88.7. The molecule has 1 nitrogen and oxygen atoms in total. The van der Waals surface area contributed by atoms with Crippen molar-refractivity contribution in [2.24, 2.45) is 11.3 Å². The molecule has 0 rings (SSSR count). The summed E-state index contributed by atoms with van der Waals surface area (Å²) >= 11 is 0. The molecule has 0 saturated heterocycles. The Kier molecular flexibility index (Phi) is 3.95. The molecule has 0 spiro atoms. The highest BCUT2D eigenvalue weighted by molar-refractivity contribution is 4.75. The smallest absolute Gasteiger partial charge is 0.0518 e. The van der Waals surface area contributed by atoms with E-state index in [-0.39, 0.29) is 0 Å². The van der Waals surface area contributed by atoms with E-state index >= 15 is 0 Å². The summed E-state index contributed by atoms with van der Waals surface area (Å²) in [6.07, 6.45) is 1.19. The quantitative estimate of drug-likeness (QED) is 0.589. The molecule has 0 saturated carbocycles. The van der Waals surface area contributed by atoms with Gasteiger partial charge in [-0.2, -0.15) is 0 Å². The first-order valence-corrected chi connectivity index (χ1v) is 4.05. The fourth-order valence-electron chi connectivity index (χ4n) is 1.01.